The molecule has 2 N–H and O–H groups in total. The van der Waals surface area contributed by atoms with E-state index in [1.165, 1.54) is 34.5 Å². The lowest BCUT2D eigenvalue weighted by Crippen LogP contribution is -2.36. The summed E-state index contributed by atoms with van der Waals surface area (Å²) in [4.78, 5) is 8.40. The average Bonchev–Trinajstić information content (AvgIpc) is 3.11. The van der Waals surface area contributed by atoms with Gasteiger partial charge in [0.15, 0.2) is 5.96 Å². The van der Waals surface area contributed by atoms with Crippen molar-refractivity contribution in [3.8, 4) is 0 Å². The van der Waals surface area contributed by atoms with E-state index in [1.807, 2.05) is 0 Å². The number of nitrogens with zero attached hydrogens (tertiary/aromatic N) is 2. The maximum atomic E-state index is 4.74. The molecule has 0 spiro atoms. The monoisotopic (exact) mass is 470 g/mol. The van der Waals surface area contributed by atoms with Crippen molar-refractivity contribution in [2.24, 2.45) is 4.99 Å². The maximum absolute atomic E-state index is 4.74. The van der Waals surface area contributed by atoms with Gasteiger partial charge in [-0.1, -0.05) is 18.2 Å². The van der Waals surface area contributed by atoms with Crippen LogP contribution < -0.4 is 15.5 Å². The van der Waals surface area contributed by atoms with Crippen molar-refractivity contribution in [3.63, 3.8) is 0 Å². The number of anilines is 1. The minimum Gasteiger partial charge on any atom is -0.374 e. The Morgan fingerprint density at radius 3 is 2.92 bits per heavy atom. The lowest BCUT2D eigenvalue weighted by molar-refractivity contribution is 0.742. The molecule has 2 aromatic rings. The van der Waals surface area contributed by atoms with E-state index in [9.17, 15) is 0 Å². The molecule has 2 heterocycles. The van der Waals surface area contributed by atoms with Gasteiger partial charge in [-0.25, -0.2) is 4.99 Å². The first-order chi connectivity index (χ1) is 11.8. The van der Waals surface area contributed by atoms with Crippen LogP contribution in [0.3, 0.4) is 0 Å². The Morgan fingerprint density at radius 2 is 2.16 bits per heavy atom. The highest BCUT2D eigenvalue weighted by Crippen LogP contribution is 2.26. The lowest BCUT2D eigenvalue weighted by Gasteiger charge is -2.27. The van der Waals surface area contributed by atoms with E-state index in [1.54, 1.807) is 11.3 Å². The minimum atomic E-state index is 0. The number of benzene rings is 1. The van der Waals surface area contributed by atoms with E-state index in [-0.39, 0.29) is 24.0 Å². The second-order valence-electron chi connectivity index (χ2n) is 6.12. The Labute approximate surface area is 171 Å². The van der Waals surface area contributed by atoms with E-state index in [0.717, 1.165) is 25.6 Å². The number of thiophene rings is 1. The van der Waals surface area contributed by atoms with Gasteiger partial charge in [0.25, 0.3) is 0 Å². The van der Waals surface area contributed by atoms with Crippen LogP contribution in [-0.4, -0.2) is 26.1 Å². The molecule has 4 nitrogen and oxygen atoms in total. The summed E-state index contributed by atoms with van der Waals surface area (Å²) in [5, 5.41) is 8.83. The molecular formula is C19H27IN4S. The fourth-order valence-corrected chi connectivity index (χ4v) is 3.68. The number of aliphatic imine (C=N–C) groups is 1. The standard InChI is InChI=1S/C19H26N4S.HI/c1-3-20-19(22-14-17-7-5-11-24-17)21-13-15-8-9-18-16(12-15)6-4-10-23(18)2;/h5,7-9,11-12H,3-4,6,10,13-14H2,1-2H3,(H2,20,21,22);1H. The molecule has 6 heteroatoms. The van der Waals surface area contributed by atoms with Crippen LogP contribution in [0.25, 0.3) is 0 Å². The zero-order chi connectivity index (χ0) is 16.8. The van der Waals surface area contributed by atoms with Crippen molar-refractivity contribution >= 4 is 47.0 Å². The van der Waals surface area contributed by atoms with Crippen LogP contribution in [0.4, 0.5) is 5.69 Å². The van der Waals surface area contributed by atoms with Crippen LogP contribution in [0.15, 0.2) is 40.7 Å². The van der Waals surface area contributed by atoms with Crippen molar-refractivity contribution in [2.45, 2.75) is 32.9 Å². The van der Waals surface area contributed by atoms with Crippen LogP contribution in [0.1, 0.15) is 29.3 Å². The molecule has 0 amide bonds. The van der Waals surface area contributed by atoms with E-state index in [0.29, 0.717) is 6.54 Å². The third kappa shape index (κ3) is 5.60. The molecule has 1 aromatic heterocycles. The summed E-state index contributed by atoms with van der Waals surface area (Å²) >= 11 is 1.76. The summed E-state index contributed by atoms with van der Waals surface area (Å²) in [5.41, 5.74) is 4.10. The van der Waals surface area contributed by atoms with Gasteiger partial charge >= 0.3 is 0 Å². The molecule has 3 rings (SSSR count). The number of nitrogens with one attached hydrogen (secondary N) is 2. The summed E-state index contributed by atoms with van der Waals surface area (Å²) in [6.07, 6.45) is 2.41. The van der Waals surface area contributed by atoms with Crippen LogP contribution in [0.5, 0.6) is 0 Å². The fraction of sp³-hybridized carbons (Fsp3) is 0.421. The zero-order valence-corrected chi connectivity index (χ0v) is 18.1. The molecule has 0 saturated carbocycles. The topological polar surface area (TPSA) is 39.7 Å². The van der Waals surface area contributed by atoms with Crippen LogP contribution in [-0.2, 0) is 19.5 Å². The minimum absolute atomic E-state index is 0. The highest BCUT2D eigenvalue weighted by atomic mass is 127. The third-order valence-corrected chi connectivity index (χ3v) is 5.15. The van der Waals surface area contributed by atoms with E-state index in [4.69, 9.17) is 4.99 Å². The first-order valence-electron chi connectivity index (χ1n) is 8.63. The van der Waals surface area contributed by atoms with Gasteiger partial charge in [-0.15, -0.1) is 35.3 Å². The molecule has 0 bridgehead atoms. The van der Waals surface area contributed by atoms with Crippen molar-refractivity contribution in [1.29, 1.82) is 0 Å². The molecule has 0 fully saturated rings. The summed E-state index contributed by atoms with van der Waals surface area (Å²) in [6.45, 7) is 5.64. The summed E-state index contributed by atoms with van der Waals surface area (Å²) in [5.74, 6) is 0.876. The Balaban J connectivity index is 0.00000225. The van der Waals surface area contributed by atoms with Crippen LogP contribution >= 0.6 is 35.3 Å². The van der Waals surface area contributed by atoms with Gasteiger partial charge in [0.1, 0.15) is 0 Å². The van der Waals surface area contributed by atoms with Crippen LogP contribution in [0, 0.1) is 0 Å². The normalized spacial score (nSPS) is 13.8. The Hall–Kier alpha value is -1.28. The lowest BCUT2D eigenvalue weighted by atomic mass is 10.00. The van der Waals surface area contributed by atoms with Gasteiger partial charge in [-0.3, -0.25) is 0 Å². The van der Waals surface area contributed by atoms with Crippen molar-refractivity contribution in [2.75, 3.05) is 25.0 Å². The zero-order valence-electron chi connectivity index (χ0n) is 14.9. The fourth-order valence-electron chi connectivity index (χ4n) is 3.03. The molecule has 0 radical (unpaired) electrons. The predicted molar refractivity (Wildman–Crippen MR) is 119 cm³/mol. The molecule has 25 heavy (non-hydrogen) atoms. The number of rotatable bonds is 5. The Kier molecular flexibility index (Phi) is 8.02. The number of guanidine groups is 1. The Morgan fingerprint density at radius 1 is 1.28 bits per heavy atom. The molecule has 136 valence electrons. The largest absolute Gasteiger partial charge is 0.374 e. The smallest absolute Gasteiger partial charge is 0.191 e. The maximum Gasteiger partial charge on any atom is 0.191 e. The highest BCUT2D eigenvalue weighted by Gasteiger charge is 2.13. The molecule has 1 aliphatic heterocycles. The molecular weight excluding hydrogens is 443 g/mol. The van der Waals surface area contributed by atoms with Gasteiger partial charge in [-0.2, -0.15) is 0 Å². The molecule has 1 aromatic carbocycles. The van der Waals surface area contributed by atoms with E-state index < -0.39 is 0 Å². The number of hydrogen-bond acceptors (Lipinski definition) is 3. The van der Waals surface area contributed by atoms with Crippen LogP contribution in [0.2, 0.25) is 0 Å². The summed E-state index contributed by atoms with van der Waals surface area (Å²) in [6, 6.07) is 11.0. The van der Waals surface area contributed by atoms with Gasteiger partial charge in [0.05, 0.1) is 13.1 Å². The Bertz CT molecular complexity index is 685. The second-order valence-corrected chi connectivity index (χ2v) is 7.15. The highest BCUT2D eigenvalue weighted by molar-refractivity contribution is 14.0. The van der Waals surface area contributed by atoms with Crippen molar-refractivity contribution < 1.29 is 0 Å². The SMILES string of the molecule is CCNC(=NCc1ccc2c(c1)CCCN2C)NCc1cccs1.I. The average molecular weight is 470 g/mol. The second kappa shape index (κ2) is 10.0. The number of hydrogen-bond donors (Lipinski definition) is 2. The molecule has 1 aliphatic rings. The molecule has 0 aliphatic carbocycles. The predicted octanol–water partition coefficient (Wildman–Crippen LogP) is 4.00. The first kappa shape index (κ1) is 20.0. The molecule has 0 saturated heterocycles. The number of aryl methyl sites for hydroxylation is 1. The number of fused-ring (bicyclic) bond motifs is 1. The van der Waals surface area contributed by atoms with E-state index >= 15 is 0 Å². The summed E-state index contributed by atoms with van der Waals surface area (Å²) in [7, 11) is 2.17. The van der Waals surface area contributed by atoms with Gasteiger partial charge in [0.2, 0.25) is 0 Å². The van der Waals surface area contributed by atoms with Gasteiger partial charge in [-0.05, 0) is 48.4 Å². The summed E-state index contributed by atoms with van der Waals surface area (Å²) < 4.78 is 0. The van der Waals surface area contributed by atoms with Gasteiger partial charge < -0.3 is 15.5 Å². The molecule has 0 atom stereocenters. The van der Waals surface area contributed by atoms with Crippen molar-refractivity contribution in [3.05, 3.63) is 51.7 Å². The van der Waals surface area contributed by atoms with E-state index in [2.05, 4.69) is 65.2 Å². The molecule has 0 unspecified atom stereocenters. The van der Waals surface area contributed by atoms with Gasteiger partial charge in [0, 0.05) is 30.7 Å². The first-order valence-corrected chi connectivity index (χ1v) is 9.51. The number of halogens is 1. The quantitative estimate of drug-likeness (QED) is 0.394. The third-order valence-electron chi connectivity index (χ3n) is 4.27. The van der Waals surface area contributed by atoms with Crippen molar-refractivity contribution in [1.82, 2.24) is 10.6 Å².